The molecule has 0 bridgehead atoms. The van der Waals surface area contributed by atoms with Gasteiger partial charge in [0.2, 0.25) is 0 Å². The van der Waals surface area contributed by atoms with E-state index in [2.05, 4.69) is 10.2 Å². The van der Waals surface area contributed by atoms with Crippen molar-refractivity contribution >= 4 is 11.3 Å². The quantitative estimate of drug-likeness (QED) is 0.719. The molecule has 2 aromatic heterocycles. The van der Waals surface area contributed by atoms with Crippen LogP contribution in [0.4, 0.5) is 0 Å². The largest absolute Gasteiger partial charge is 0.493 e. The van der Waals surface area contributed by atoms with E-state index in [9.17, 15) is 0 Å². The first kappa shape index (κ1) is 14.1. The van der Waals surface area contributed by atoms with Crippen LogP contribution in [-0.4, -0.2) is 17.3 Å². The molecular formula is C15H11N3O3S. The van der Waals surface area contributed by atoms with Crippen molar-refractivity contribution in [2.24, 2.45) is 0 Å². The number of benzene rings is 1. The molecule has 0 spiro atoms. The molecule has 0 fully saturated rings. The third-order valence-electron chi connectivity index (χ3n) is 2.84. The molecule has 0 N–H and O–H groups in total. The Balaban J connectivity index is 1.72. The molecule has 110 valence electrons. The maximum atomic E-state index is 8.87. The van der Waals surface area contributed by atoms with Crippen LogP contribution >= 0.6 is 11.3 Å². The Kier molecular flexibility index (Phi) is 4.03. The van der Waals surface area contributed by atoms with E-state index in [-0.39, 0.29) is 6.61 Å². The topological polar surface area (TPSA) is 81.2 Å². The van der Waals surface area contributed by atoms with Crippen molar-refractivity contribution in [3.8, 4) is 28.3 Å². The van der Waals surface area contributed by atoms with Gasteiger partial charge in [-0.1, -0.05) is 6.07 Å². The van der Waals surface area contributed by atoms with Gasteiger partial charge in [0.05, 0.1) is 23.6 Å². The van der Waals surface area contributed by atoms with E-state index in [1.165, 1.54) is 18.4 Å². The molecule has 0 atom stereocenters. The lowest BCUT2D eigenvalue weighted by molar-refractivity contribution is 0.251. The van der Waals surface area contributed by atoms with Gasteiger partial charge in [-0.05, 0) is 23.6 Å². The van der Waals surface area contributed by atoms with Crippen molar-refractivity contribution < 1.29 is 13.9 Å². The van der Waals surface area contributed by atoms with Gasteiger partial charge in [-0.2, -0.15) is 5.26 Å². The Hall–Kier alpha value is -2.85. The van der Waals surface area contributed by atoms with Crippen LogP contribution in [0.25, 0.3) is 10.8 Å². The molecule has 3 rings (SSSR count). The second-order valence-electron chi connectivity index (χ2n) is 4.24. The molecule has 22 heavy (non-hydrogen) atoms. The molecule has 3 aromatic rings. The Bertz CT molecular complexity index is 806. The molecule has 1 aromatic carbocycles. The van der Waals surface area contributed by atoms with Crippen molar-refractivity contribution in [2.75, 3.05) is 7.11 Å². The highest BCUT2D eigenvalue weighted by molar-refractivity contribution is 7.13. The molecule has 0 saturated heterocycles. The number of nitriles is 1. The zero-order chi connectivity index (χ0) is 15.4. The van der Waals surface area contributed by atoms with E-state index >= 15 is 0 Å². The van der Waals surface area contributed by atoms with Crippen molar-refractivity contribution in [1.82, 2.24) is 10.2 Å². The second-order valence-corrected chi connectivity index (χ2v) is 5.19. The predicted molar refractivity (Wildman–Crippen MR) is 79.7 cm³/mol. The monoisotopic (exact) mass is 313 g/mol. The van der Waals surface area contributed by atoms with Crippen molar-refractivity contribution in [1.29, 1.82) is 5.26 Å². The Morgan fingerprint density at radius 1 is 1.27 bits per heavy atom. The summed E-state index contributed by atoms with van der Waals surface area (Å²) in [6.45, 7) is 0.126. The number of rotatable bonds is 5. The molecule has 0 aliphatic rings. The smallest absolute Gasteiger partial charge is 0.257 e. The van der Waals surface area contributed by atoms with Gasteiger partial charge in [0, 0.05) is 6.07 Å². The average Bonchev–Trinajstić information content (AvgIpc) is 3.23. The highest BCUT2D eigenvalue weighted by Gasteiger charge is 2.11. The van der Waals surface area contributed by atoms with E-state index in [0.29, 0.717) is 28.8 Å². The van der Waals surface area contributed by atoms with E-state index in [4.69, 9.17) is 19.2 Å². The fourth-order valence-electron chi connectivity index (χ4n) is 1.81. The molecule has 0 aliphatic heterocycles. The van der Waals surface area contributed by atoms with E-state index in [1.54, 1.807) is 18.2 Å². The summed E-state index contributed by atoms with van der Waals surface area (Å²) in [5.74, 6) is 1.84. The summed E-state index contributed by atoms with van der Waals surface area (Å²) < 4.78 is 16.4. The number of nitrogens with zero attached hydrogens (tertiary/aromatic N) is 3. The van der Waals surface area contributed by atoms with Crippen LogP contribution in [0.3, 0.4) is 0 Å². The van der Waals surface area contributed by atoms with Gasteiger partial charge in [-0.15, -0.1) is 21.5 Å². The Morgan fingerprint density at radius 2 is 2.18 bits per heavy atom. The lowest BCUT2D eigenvalue weighted by Gasteiger charge is -2.08. The zero-order valence-corrected chi connectivity index (χ0v) is 12.5. The second kappa shape index (κ2) is 6.28. The minimum Gasteiger partial charge on any atom is -0.493 e. The molecule has 2 heterocycles. The first-order chi connectivity index (χ1) is 10.8. The first-order valence-corrected chi connectivity index (χ1v) is 7.25. The third kappa shape index (κ3) is 2.92. The molecule has 7 heteroatoms. The molecule has 0 saturated carbocycles. The van der Waals surface area contributed by atoms with Gasteiger partial charge in [-0.25, -0.2) is 0 Å². The van der Waals surface area contributed by atoms with Gasteiger partial charge < -0.3 is 13.9 Å². The molecule has 0 unspecified atom stereocenters. The van der Waals surface area contributed by atoms with Crippen LogP contribution in [0.2, 0.25) is 0 Å². The summed E-state index contributed by atoms with van der Waals surface area (Å²) in [7, 11) is 1.52. The lowest BCUT2D eigenvalue weighted by atomic mass is 10.2. The van der Waals surface area contributed by atoms with E-state index < -0.39 is 0 Å². The van der Waals surface area contributed by atoms with Crippen LogP contribution in [-0.2, 0) is 6.61 Å². The lowest BCUT2D eigenvalue weighted by Crippen LogP contribution is -1.98. The van der Waals surface area contributed by atoms with Gasteiger partial charge in [0.15, 0.2) is 18.1 Å². The molecule has 6 nitrogen and oxygen atoms in total. The average molecular weight is 313 g/mol. The van der Waals surface area contributed by atoms with Crippen molar-refractivity contribution in [3.05, 3.63) is 47.2 Å². The van der Waals surface area contributed by atoms with Crippen LogP contribution < -0.4 is 9.47 Å². The summed E-state index contributed by atoms with van der Waals surface area (Å²) in [6.07, 6.45) is 0. The number of thiophene rings is 1. The summed E-state index contributed by atoms with van der Waals surface area (Å²) in [5, 5.41) is 18.7. The van der Waals surface area contributed by atoms with Crippen LogP contribution in [0.1, 0.15) is 11.5 Å². The number of methoxy groups -OCH3 is 1. The molecular weight excluding hydrogens is 302 g/mol. The minimum absolute atomic E-state index is 0.126. The minimum atomic E-state index is 0.126. The van der Waals surface area contributed by atoms with Crippen LogP contribution in [0.5, 0.6) is 11.5 Å². The van der Waals surface area contributed by atoms with Gasteiger partial charge in [-0.3, -0.25) is 0 Å². The molecule has 0 aliphatic carbocycles. The SMILES string of the molecule is COc1cc(C#N)ccc1OCc1nnc(-c2cccs2)o1. The third-order valence-corrected chi connectivity index (χ3v) is 3.70. The predicted octanol–water partition coefficient (Wildman–Crippen LogP) is 3.26. The molecule has 0 radical (unpaired) electrons. The van der Waals surface area contributed by atoms with Gasteiger partial charge in [0.1, 0.15) is 0 Å². The fraction of sp³-hybridized carbons (Fsp3) is 0.133. The Morgan fingerprint density at radius 3 is 2.91 bits per heavy atom. The van der Waals surface area contributed by atoms with Gasteiger partial charge >= 0.3 is 0 Å². The van der Waals surface area contributed by atoms with Crippen LogP contribution in [0, 0.1) is 11.3 Å². The van der Waals surface area contributed by atoms with E-state index in [0.717, 1.165) is 4.88 Å². The van der Waals surface area contributed by atoms with Crippen LogP contribution in [0.15, 0.2) is 40.1 Å². The van der Waals surface area contributed by atoms with E-state index in [1.807, 2.05) is 23.6 Å². The highest BCUT2D eigenvalue weighted by Crippen LogP contribution is 2.29. The summed E-state index contributed by atoms with van der Waals surface area (Å²) >= 11 is 1.53. The van der Waals surface area contributed by atoms with Gasteiger partial charge in [0.25, 0.3) is 11.8 Å². The standard InChI is InChI=1S/C15H11N3O3S/c1-19-12-7-10(8-16)4-5-11(12)20-9-14-17-18-15(21-14)13-3-2-6-22-13/h2-7H,9H2,1H3. The zero-order valence-electron chi connectivity index (χ0n) is 11.6. The maximum Gasteiger partial charge on any atom is 0.257 e. The summed E-state index contributed by atoms with van der Waals surface area (Å²) in [6, 6.07) is 10.8. The number of ether oxygens (including phenoxy) is 2. The molecule has 0 amide bonds. The van der Waals surface area contributed by atoms with Crippen molar-refractivity contribution in [2.45, 2.75) is 6.61 Å². The first-order valence-electron chi connectivity index (χ1n) is 6.37. The number of hydrogen-bond donors (Lipinski definition) is 0. The number of aromatic nitrogens is 2. The summed E-state index contributed by atoms with van der Waals surface area (Å²) in [5.41, 5.74) is 0.502. The Labute approximate surface area is 130 Å². The maximum absolute atomic E-state index is 8.87. The van der Waals surface area contributed by atoms with Crippen molar-refractivity contribution in [3.63, 3.8) is 0 Å². The fourth-order valence-corrected chi connectivity index (χ4v) is 2.45. The number of hydrogen-bond acceptors (Lipinski definition) is 7. The highest BCUT2D eigenvalue weighted by atomic mass is 32.1. The normalized spacial score (nSPS) is 10.2. The summed E-state index contributed by atoms with van der Waals surface area (Å²) in [4.78, 5) is 0.912.